The van der Waals surface area contributed by atoms with Gasteiger partial charge in [-0.1, -0.05) is 18.2 Å². The second kappa shape index (κ2) is 6.26. The van der Waals surface area contributed by atoms with Gasteiger partial charge in [-0.25, -0.2) is 0 Å². The van der Waals surface area contributed by atoms with Crippen LogP contribution in [0.25, 0.3) is 10.9 Å². The normalized spacial score (nSPS) is 10.4. The van der Waals surface area contributed by atoms with E-state index in [9.17, 15) is 4.79 Å². The van der Waals surface area contributed by atoms with Crippen molar-refractivity contribution in [1.29, 1.82) is 0 Å². The Hall–Kier alpha value is -2.88. The van der Waals surface area contributed by atoms with Gasteiger partial charge in [0, 0.05) is 16.6 Å². The number of carbonyl (C=O) groups excluding carboxylic acids is 1. The fourth-order valence-electron chi connectivity index (χ4n) is 2.22. The van der Waals surface area contributed by atoms with E-state index in [0.29, 0.717) is 17.9 Å². The third-order valence-electron chi connectivity index (χ3n) is 3.26. The molecule has 1 heterocycles. The number of nitrogens with one attached hydrogen (secondary N) is 1. The Labute approximate surface area is 128 Å². The zero-order chi connectivity index (χ0) is 15.4. The van der Waals surface area contributed by atoms with Gasteiger partial charge in [0.25, 0.3) is 5.91 Å². The Morgan fingerprint density at radius 3 is 2.73 bits per heavy atom. The molecule has 1 N–H and O–H groups in total. The van der Waals surface area contributed by atoms with E-state index in [1.165, 1.54) is 0 Å². The zero-order valence-corrected chi connectivity index (χ0v) is 12.2. The number of anilines is 1. The topological polar surface area (TPSA) is 51.2 Å². The molecule has 1 amide bonds. The van der Waals surface area contributed by atoms with Gasteiger partial charge in [-0.05, 0) is 43.3 Å². The SMILES string of the molecule is CCOc1cnc2ccc(C(=O)Nc3ccccc3)cc2c1. The fourth-order valence-corrected chi connectivity index (χ4v) is 2.22. The third kappa shape index (κ3) is 3.06. The van der Waals surface area contributed by atoms with Gasteiger partial charge >= 0.3 is 0 Å². The zero-order valence-electron chi connectivity index (χ0n) is 12.2. The number of hydrogen-bond donors (Lipinski definition) is 1. The van der Waals surface area contributed by atoms with Crippen molar-refractivity contribution in [3.63, 3.8) is 0 Å². The van der Waals surface area contributed by atoms with E-state index in [-0.39, 0.29) is 5.91 Å². The first-order chi connectivity index (χ1) is 10.8. The van der Waals surface area contributed by atoms with Crippen LogP contribution in [0, 0.1) is 0 Å². The number of benzene rings is 2. The van der Waals surface area contributed by atoms with Gasteiger partial charge in [-0.15, -0.1) is 0 Å². The van der Waals surface area contributed by atoms with Crippen LogP contribution < -0.4 is 10.1 Å². The molecule has 2 aromatic carbocycles. The maximum absolute atomic E-state index is 12.3. The molecule has 0 spiro atoms. The summed E-state index contributed by atoms with van der Waals surface area (Å²) in [4.78, 5) is 16.6. The van der Waals surface area contributed by atoms with E-state index in [1.807, 2.05) is 55.5 Å². The lowest BCUT2D eigenvalue weighted by atomic mass is 10.1. The van der Waals surface area contributed by atoms with Crippen LogP contribution in [0.1, 0.15) is 17.3 Å². The van der Waals surface area contributed by atoms with Gasteiger partial charge in [0.15, 0.2) is 0 Å². The number of hydrogen-bond acceptors (Lipinski definition) is 3. The van der Waals surface area contributed by atoms with Gasteiger partial charge < -0.3 is 10.1 Å². The number of fused-ring (bicyclic) bond motifs is 1. The number of carbonyl (C=O) groups is 1. The molecular weight excluding hydrogens is 276 g/mol. The number of ether oxygens (including phenoxy) is 1. The molecule has 0 aliphatic carbocycles. The lowest BCUT2D eigenvalue weighted by molar-refractivity contribution is 0.102. The fraction of sp³-hybridized carbons (Fsp3) is 0.111. The average molecular weight is 292 g/mol. The molecule has 4 nitrogen and oxygen atoms in total. The molecule has 0 atom stereocenters. The molecule has 3 rings (SSSR count). The van der Waals surface area contributed by atoms with Crippen LogP contribution in [0.15, 0.2) is 60.8 Å². The van der Waals surface area contributed by atoms with Crippen molar-refractivity contribution in [2.75, 3.05) is 11.9 Å². The minimum atomic E-state index is -0.144. The largest absolute Gasteiger partial charge is 0.492 e. The Morgan fingerprint density at radius 2 is 1.95 bits per heavy atom. The third-order valence-corrected chi connectivity index (χ3v) is 3.26. The van der Waals surface area contributed by atoms with Crippen LogP contribution in [0.3, 0.4) is 0 Å². The van der Waals surface area contributed by atoms with Crippen molar-refractivity contribution in [2.24, 2.45) is 0 Å². The standard InChI is InChI=1S/C18H16N2O2/c1-2-22-16-11-14-10-13(8-9-17(14)19-12-16)18(21)20-15-6-4-3-5-7-15/h3-12H,2H2,1H3,(H,20,21). The van der Waals surface area contributed by atoms with Crippen molar-refractivity contribution in [1.82, 2.24) is 4.98 Å². The number of aromatic nitrogens is 1. The van der Waals surface area contributed by atoms with E-state index in [1.54, 1.807) is 12.3 Å². The van der Waals surface area contributed by atoms with Crippen molar-refractivity contribution in [3.05, 3.63) is 66.4 Å². The first kappa shape index (κ1) is 14.1. The Morgan fingerprint density at radius 1 is 1.14 bits per heavy atom. The Kier molecular flexibility index (Phi) is 4.01. The van der Waals surface area contributed by atoms with E-state index >= 15 is 0 Å². The molecule has 0 aliphatic rings. The highest BCUT2D eigenvalue weighted by Gasteiger charge is 2.08. The molecule has 0 saturated heterocycles. The average Bonchev–Trinajstić information content (AvgIpc) is 2.55. The lowest BCUT2D eigenvalue weighted by Crippen LogP contribution is -2.11. The first-order valence-electron chi connectivity index (χ1n) is 7.15. The lowest BCUT2D eigenvalue weighted by Gasteiger charge is -2.07. The van der Waals surface area contributed by atoms with Gasteiger partial charge in [-0.2, -0.15) is 0 Å². The second-order valence-electron chi connectivity index (χ2n) is 4.83. The highest BCUT2D eigenvalue weighted by molar-refractivity contribution is 6.06. The van der Waals surface area contributed by atoms with Crippen LogP contribution in [0.2, 0.25) is 0 Å². The molecule has 0 aliphatic heterocycles. The first-order valence-corrected chi connectivity index (χ1v) is 7.15. The predicted molar refractivity (Wildman–Crippen MR) is 87.3 cm³/mol. The smallest absolute Gasteiger partial charge is 0.255 e. The summed E-state index contributed by atoms with van der Waals surface area (Å²) in [6, 6.07) is 16.7. The highest BCUT2D eigenvalue weighted by Crippen LogP contribution is 2.20. The van der Waals surface area contributed by atoms with Crippen LogP contribution in [0.4, 0.5) is 5.69 Å². The van der Waals surface area contributed by atoms with E-state index in [4.69, 9.17) is 4.74 Å². The molecule has 22 heavy (non-hydrogen) atoms. The number of para-hydroxylation sites is 1. The highest BCUT2D eigenvalue weighted by atomic mass is 16.5. The minimum absolute atomic E-state index is 0.144. The molecule has 0 saturated carbocycles. The molecule has 0 fully saturated rings. The quantitative estimate of drug-likeness (QED) is 0.793. The summed E-state index contributed by atoms with van der Waals surface area (Å²) < 4.78 is 5.45. The van der Waals surface area contributed by atoms with Gasteiger partial charge in [0.1, 0.15) is 5.75 Å². The molecule has 110 valence electrons. The monoisotopic (exact) mass is 292 g/mol. The molecule has 0 radical (unpaired) electrons. The van der Waals surface area contributed by atoms with Gasteiger partial charge in [-0.3, -0.25) is 9.78 Å². The molecule has 3 aromatic rings. The molecule has 0 bridgehead atoms. The van der Waals surface area contributed by atoms with Crippen LogP contribution in [-0.2, 0) is 0 Å². The van der Waals surface area contributed by atoms with Crippen LogP contribution >= 0.6 is 0 Å². The molecule has 1 aromatic heterocycles. The summed E-state index contributed by atoms with van der Waals surface area (Å²) in [5.41, 5.74) is 2.19. The second-order valence-corrected chi connectivity index (χ2v) is 4.83. The number of rotatable bonds is 4. The van der Waals surface area contributed by atoms with Crippen molar-refractivity contribution < 1.29 is 9.53 Å². The van der Waals surface area contributed by atoms with Crippen molar-refractivity contribution >= 4 is 22.5 Å². The molecule has 4 heteroatoms. The van der Waals surface area contributed by atoms with Gasteiger partial charge in [0.05, 0.1) is 18.3 Å². The predicted octanol–water partition coefficient (Wildman–Crippen LogP) is 3.89. The summed E-state index contributed by atoms with van der Waals surface area (Å²) >= 11 is 0. The number of pyridine rings is 1. The van der Waals surface area contributed by atoms with Crippen LogP contribution in [-0.4, -0.2) is 17.5 Å². The Balaban J connectivity index is 1.88. The maximum atomic E-state index is 12.3. The Bertz CT molecular complexity index is 801. The van der Waals surface area contributed by atoms with Gasteiger partial charge in [0.2, 0.25) is 0 Å². The summed E-state index contributed by atoms with van der Waals surface area (Å²) in [5.74, 6) is 0.561. The minimum Gasteiger partial charge on any atom is -0.492 e. The van der Waals surface area contributed by atoms with E-state index < -0.39 is 0 Å². The summed E-state index contributed by atoms with van der Waals surface area (Å²) in [6.45, 7) is 2.51. The number of amides is 1. The van der Waals surface area contributed by atoms with Crippen molar-refractivity contribution in [3.8, 4) is 5.75 Å². The maximum Gasteiger partial charge on any atom is 0.255 e. The summed E-state index contributed by atoms with van der Waals surface area (Å²) in [5, 5.41) is 3.75. The summed E-state index contributed by atoms with van der Waals surface area (Å²) in [7, 11) is 0. The van der Waals surface area contributed by atoms with Crippen molar-refractivity contribution in [2.45, 2.75) is 6.92 Å². The summed E-state index contributed by atoms with van der Waals surface area (Å²) in [6.07, 6.45) is 1.69. The molecule has 0 unspecified atom stereocenters. The van der Waals surface area contributed by atoms with E-state index in [0.717, 1.165) is 16.6 Å². The number of nitrogens with zero attached hydrogens (tertiary/aromatic N) is 1. The molecular formula is C18H16N2O2. The van der Waals surface area contributed by atoms with E-state index in [2.05, 4.69) is 10.3 Å². The van der Waals surface area contributed by atoms with Crippen LogP contribution in [0.5, 0.6) is 5.75 Å².